The Morgan fingerprint density at radius 3 is 2.22 bits per heavy atom. The van der Waals surface area contributed by atoms with Gasteiger partial charge in [-0.25, -0.2) is 4.39 Å². The van der Waals surface area contributed by atoms with Crippen LogP contribution in [0.5, 0.6) is 0 Å². The standard InChI is InChI=1S/C30H25FN2O2S/c1-21-9-5-6-12-23(21)19-28(33-29(34)22-10-3-2-4-11-22)30(35)32-25-15-17-26(18-16-25)36-20-24-13-7-8-14-27(24)31/h2-19H,20H2,1H3,(H,32,35)(H,33,34)/b28-19-. The molecule has 0 spiro atoms. The second-order valence-electron chi connectivity index (χ2n) is 8.09. The number of carbonyl (C=O) groups excluding carboxylic acids is 2. The molecule has 0 unspecified atom stereocenters. The summed E-state index contributed by atoms with van der Waals surface area (Å²) in [7, 11) is 0. The van der Waals surface area contributed by atoms with Crippen molar-refractivity contribution >= 4 is 35.3 Å². The SMILES string of the molecule is Cc1ccccc1/C=C(\NC(=O)c1ccccc1)C(=O)Nc1ccc(SCc2ccccc2F)cc1. The van der Waals surface area contributed by atoms with Crippen molar-refractivity contribution in [3.63, 3.8) is 0 Å². The minimum atomic E-state index is -0.436. The van der Waals surface area contributed by atoms with E-state index in [4.69, 9.17) is 0 Å². The zero-order valence-corrected chi connectivity index (χ0v) is 20.5. The van der Waals surface area contributed by atoms with Crippen molar-refractivity contribution in [2.45, 2.75) is 17.6 Å². The van der Waals surface area contributed by atoms with E-state index in [0.717, 1.165) is 16.0 Å². The predicted molar refractivity (Wildman–Crippen MR) is 144 cm³/mol. The van der Waals surface area contributed by atoms with Crippen LogP contribution in [-0.4, -0.2) is 11.8 Å². The molecule has 4 aromatic carbocycles. The van der Waals surface area contributed by atoms with Gasteiger partial charge in [0.05, 0.1) is 0 Å². The van der Waals surface area contributed by atoms with E-state index >= 15 is 0 Å². The summed E-state index contributed by atoms with van der Waals surface area (Å²) >= 11 is 1.51. The van der Waals surface area contributed by atoms with Crippen LogP contribution in [0.25, 0.3) is 6.08 Å². The van der Waals surface area contributed by atoms with E-state index in [-0.39, 0.29) is 17.4 Å². The van der Waals surface area contributed by atoms with Gasteiger partial charge in [-0.05, 0) is 72.2 Å². The number of hydrogen-bond acceptors (Lipinski definition) is 3. The number of benzene rings is 4. The lowest BCUT2D eigenvalue weighted by atomic mass is 10.1. The van der Waals surface area contributed by atoms with Gasteiger partial charge in [-0.3, -0.25) is 9.59 Å². The molecule has 0 saturated heterocycles. The summed E-state index contributed by atoms with van der Waals surface area (Å²) in [4.78, 5) is 26.9. The fraction of sp³-hybridized carbons (Fsp3) is 0.0667. The number of nitrogens with one attached hydrogen (secondary N) is 2. The normalized spacial score (nSPS) is 11.1. The van der Waals surface area contributed by atoms with Crippen molar-refractivity contribution in [3.8, 4) is 0 Å². The van der Waals surface area contributed by atoms with Gasteiger partial charge in [0, 0.05) is 21.9 Å². The molecular formula is C30H25FN2O2S. The van der Waals surface area contributed by atoms with E-state index in [2.05, 4.69) is 10.6 Å². The van der Waals surface area contributed by atoms with E-state index in [0.29, 0.717) is 22.6 Å². The summed E-state index contributed by atoms with van der Waals surface area (Å²) in [5.74, 6) is -0.521. The molecule has 0 bridgehead atoms. The Hall–Kier alpha value is -4.16. The molecule has 0 aromatic heterocycles. The van der Waals surface area contributed by atoms with Crippen molar-refractivity contribution in [1.82, 2.24) is 5.32 Å². The van der Waals surface area contributed by atoms with Crippen LogP contribution in [0.1, 0.15) is 27.0 Å². The molecule has 4 aromatic rings. The highest BCUT2D eigenvalue weighted by molar-refractivity contribution is 7.98. The molecule has 36 heavy (non-hydrogen) atoms. The first-order valence-electron chi connectivity index (χ1n) is 11.4. The van der Waals surface area contributed by atoms with Gasteiger partial charge in [0.2, 0.25) is 0 Å². The minimum absolute atomic E-state index is 0.135. The maximum absolute atomic E-state index is 13.9. The molecule has 0 saturated carbocycles. The van der Waals surface area contributed by atoms with Gasteiger partial charge in [0.25, 0.3) is 11.8 Å². The Morgan fingerprint density at radius 2 is 1.50 bits per heavy atom. The number of carbonyl (C=O) groups is 2. The average molecular weight is 497 g/mol. The smallest absolute Gasteiger partial charge is 0.272 e. The van der Waals surface area contributed by atoms with Gasteiger partial charge in [0.1, 0.15) is 11.5 Å². The van der Waals surface area contributed by atoms with Gasteiger partial charge in [-0.15, -0.1) is 11.8 Å². The molecule has 4 rings (SSSR count). The zero-order valence-electron chi connectivity index (χ0n) is 19.7. The number of halogens is 1. The van der Waals surface area contributed by atoms with Crippen molar-refractivity contribution in [1.29, 1.82) is 0 Å². The third-order valence-corrected chi connectivity index (χ3v) is 6.54. The topological polar surface area (TPSA) is 58.2 Å². The first-order chi connectivity index (χ1) is 17.5. The summed E-state index contributed by atoms with van der Waals surface area (Å²) in [6.45, 7) is 1.94. The summed E-state index contributed by atoms with van der Waals surface area (Å²) in [5.41, 5.74) is 3.62. The highest BCUT2D eigenvalue weighted by atomic mass is 32.2. The summed E-state index contributed by atoms with van der Waals surface area (Å²) in [5, 5.41) is 5.61. The maximum atomic E-state index is 13.9. The number of amides is 2. The Bertz CT molecular complexity index is 1390. The molecular weight excluding hydrogens is 471 g/mol. The largest absolute Gasteiger partial charge is 0.321 e. The van der Waals surface area contributed by atoms with Gasteiger partial charge in [-0.1, -0.05) is 60.7 Å². The highest BCUT2D eigenvalue weighted by Crippen LogP contribution is 2.25. The quantitative estimate of drug-likeness (QED) is 0.207. The van der Waals surface area contributed by atoms with Crippen molar-refractivity contribution in [2.24, 2.45) is 0 Å². The fourth-order valence-electron chi connectivity index (χ4n) is 3.46. The van der Waals surface area contributed by atoms with Crippen LogP contribution < -0.4 is 10.6 Å². The molecule has 2 N–H and O–H groups in total. The third-order valence-electron chi connectivity index (χ3n) is 5.48. The first-order valence-corrected chi connectivity index (χ1v) is 12.4. The second kappa shape index (κ2) is 12.0. The predicted octanol–water partition coefficient (Wildman–Crippen LogP) is 6.84. The van der Waals surface area contributed by atoms with Gasteiger partial charge in [-0.2, -0.15) is 0 Å². The molecule has 0 aliphatic carbocycles. The lowest BCUT2D eigenvalue weighted by Gasteiger charge is -2.12. The first kappa shape index (κ1) is 24.9. The molecule has 4 nitrogen and oxygen atoms in total. The van der Waals surface area contributed by atoms with E-state index in [1.807, 2.05) is 55.5 Å². The van der Waals surface area contributed by atoms with Gasteiger partial charge in [0.15, 0.2) is 0 Å². The maximum Gasteiger partial charge on any atom is 0.272 e. The molecule has 180 valence electrons. The summed E-state index contributed by atoms with van der Waals surface area (Å²) in [6.07, 6.45) is 1.67. The molecule has 6 heteroatoms. The van der Waals surface area contributed by atoms with Crippen molar-refractivity contribution < 1.29 is 14.0 Å². The number of thioether (sulfide) groups is 1. The Morgan fingerprint density at radius 1 is 0.833 bits per heavy atom. The number of anilines is 1. The van der Waals surface area contributed by atoms with Crippen LogP contribution in [0.2, 0.25) is 0 Å². The van der Waals surface area contributed by atoms with Crippen molar-refractivity contribution in [2.75, 3.05) is 5.32 Å². The summed E-state index contributed by atoms with van der Waals surface area (Å²) in [6, 6.07) is 30.4. The van der Waals surface area contributed by atoms with Crippen LogP contribution in [-0.2, 0) is 10.5 Å². The Labute approximate surface area is 214 Å². The molecule has 0 heterocycles. The number of aryl methyl sites for hydroxylation is 1. The van der Waals surface area contributed by atoms with Crippen LogP contribution in [0.15, 0.2) is 114 Å². The van der Waals surface area contributed by atoms with E-state index in [9.17, 15) is 14.0 Å². The lowest BCUT2D eigenvalue weighted by Crippen LogP contribution is -2.30. The average Bonchev–Trinajstić information content (AvgIpc) is 2.90. The van der Waals surface area contributed by atoms with Gasteiger partial charge < -0.3 is 10.6 Å². The third kappa shape index (κ3) is 6.71. The zero-order chi connectivity index (χ0) is 25.3. The highest BCUT2D eigenvalue weighted by Gasteiger charge is 2.15. The van der Waals surface area contributed by atoms with E-state index in [1.165, 1.54) is 17.8 Å². The fourth-order valence-corrected chi connectivity index (χ4v) is 4.34. The lowest BCUT2D eigenvalue weighted by molar-refractivity contribution is -0.113. The molecule has 0 aliphatic rings. The van der Waals surface area contributed by atoms with Crippen LogP contribution in [0.4, 0.5) is 10.1 Å². The summed E-state index contributed by atoms with van der Waals surface area (Å²) < 4.78 is 13.9. The van der Waals surface area contributed by atoms with Crippen LogP contribution in [0, 0.1) is 12.7 Å². The van der Waals surface area contributed by atoms with E-state index < -0.39 is 5.91 Å². The molecule has 0 atom stereocenters. The van der Waals surface area contributed by atoms with Gasteiger partial charge >= 0.3 is 0 Å². The molecule has 0 aliphatic heterocycles. The monoisotopic (exact) mass is 496 g/mol. The number of hydrogen-bond donors (Lipinski definition) is 2. The van der Waals surface area contributed by atoms with E-state index in [1.54, 1.807) is 54.6 Å². The minimum Gasteiger partial charge on any atom is -0.321 e. The Balaban J connectivity index is 1.48. The van der Waals surface area contributed by atoms with Crippen molar-refractivity contribution in [3.05, 3.63) is 137 Å². The van der Waals surface area contributed by atoms with Crippen LogP contribution in [0.3, 0.4) is 0 Å². The Kier molecular flexibility index (Phi) is 8.32. The molecule has 0 radical (unpaired) electrons. The number of rotatable bonds is 8. The molecule has 2 amide bonds. The van der Waals surface area contributed by atoms with Crippen LogP contribution >= 0.6 is 11.8 Å². The molecule has 0 fully saturated rings. The second-order valence-corrected chi connectivity index (χ2v) is 9.14.